The Morgan fingerprint density at radius 2 is 1.65 bits per heavy atom. The standard InChI is InChI=1S/C19H23N3O/c1-16-2-4-18(5-3-16)19(23)22-14-12-21(13-15-22)11-8-17-6-9-20-10-7-17/h2-7,9-10H,8,11-15H2,1H3. The van der Waals surface area contributed by atoms with E-state index in [9.17, 15) is 4.79 Å². The van der Waals surface area contributed by atoms with E-state index in [2.05, 4.69) is 22.0 Å². The average Bonchev–Trinajstić information content (AvgIpc) is 2.61. The summed E-state index contributed by atoms with van der Waals surface area (Å²) in [6.07, 6.45) is 4.72. The number of carbonyl (C=O) groups excluding carboxylic acids is 1. The molecule has 1 aromatic heterocycles. The molecular weight excluding hydrogens is 286 g/mol. The van der Waals surface area contributed by atoms with Crippen LogP contribution in [0.1, 0.15) is 21.5 Å². The van der Waals surface area contributed by atoms with Crippen LogP contribution < -0.4 is 0 Å². The minimum absolute atomic E-state index is 0.152. The predicted molar refractivity (Wildman–Crippen MR) is 91.5 cm³/mol. The number of rotatable bonds is 4. The van der Waals surface area contributed by atoms with Gasteiger partial charge in [0.25, 0.3) is 5.91 Å². The summed E-state index contributed by atoms with van der Waals surface area (Å²) >= 11 is 0. The number of carbonyl (C=O) groups is 1. The van der Waals surface area contributed by atoms with Gasteiger partial charge in [0.05, 0.1) is 0 Å². The predicted octanol–water partition coefficient (Wildman–Crippen LogP) is 2.39. The van der Waals surface area contributed by atoms with Crippen LogP contribution in [-0.4, -0.2) is 53.4 Å². The highest BCUT2D eigenvalue weighted by atomic mass is 16.2. The molecule has 1 aliphatic heterocycles. The van der Waals surface area contributed by atoms with E-state index in [0.717, 1.165) is 44.7 Å². The first-order valence-electron chi connectivity index (χ1n) is 8.19. The zero-order valence-corrected chi connectivity index (χ0v) is 13.6. The number of hydrogen-bond donors (Lipinski definition) is 0. The van der Waals surface area contributed by atoms with Crippen LogP contribution in [0.5, 0.6) is 0 Å². The second-order valence-electron chi connectivity index (χ2n) is 6.11. The molecule has 0 bridgehead atoms. The van der Waals surface area contributed by atoms with Gasteiger partial charge in [-0.1, -0.05) is 17.7 Å². The van der Waals surface area contributed by atoms with Crippen molar-refractivity contribution in [1.82, 2.24) is 14.8 Å². The van der Waals surface area contributed by atoms with Crippen LogP contribution in [0.25, 0.3) is 0 Å². The maximum Gasteiger partial charge on any atom is 0.253 e. The van der Waals surface area contributed by atoms with Gasteiger partial charge in [0.15, 0.2) is 0 Å². The Morgan fingerprint density at radius 1 is 1.00 bits per heavy atom. The molecule has 120 valence electrons. The largest absolute Gasteiger partial charge is 0.336 e. The summed E-state index contributed by atoms with van der Waals surface area (Å²) in [6.45, 7) is 6.59. The van der Waals surface area contributed by atoms with Gasteiger partial charge in [0, 0.05) is 50.7 Å². The quantitative estimate of drug-likeness (QED) is 0.870. The van der Waals surface area contributed by atoms with Crippen LogP contribution in [0.2, 0.25) is 0 Å². The molecule has 1 aliphatic rings. The van der Waals surface area contributed by atoms with E-state index >= 15 is 0 Å². The van der Waals surface area contributed by atoms with Gasteiger partial charge in [-0.2, -0.15) is 0 Å². The normalized spacial score (nSPS) is 15.6. The van der Waals surface area contributed by atoms with Gasteiger partial charge in [0.1, 0.15) is 0 Å². The lowest BCUT2D eigenvalue weighted by atomic mass is 10.1. The number of benzene rings is 1. The molecule has 1 saturated heterocycles. The minimum Gasteiger partial charge on any atom is -0.336 e. The molecule has 0 aliphatic carbocycles. The number of hydrogen-bond acceptors (Lipinski definition) is 3. The molecule has 0 N–H and O–H groups in total. The maximum atomic E-state index is 12.5. The molecule has 2 aromatic rings. The molecule has 4 nitrogen and oxygen atoms in total. The molecule has 1 amide bonds. The van der Waals surface area contributed by atoms with Crippen molar-refractivity contribution in [2.45, 2.75) is 13.3 Å². The van der Waals surface area contributed by atoms with Crippen LogP contribution >= 0.6 is 0 Å². The monoisotopic (exact) mass is 309 g/mol. The fourth-order valence-electron chi connectivity index (χ4n) is 2.89. The van der Waals surface area contributed by atoms with Crippen LogP contribution in [-0.2, 0) is 6.42 Å². The van der Waals surface area contributed by atoms with Gasteiger partial charge in [-0.15, -0.1) is 0 Å². The Hall–Kier alpha value is -2.20. The summed E-state index contributed by atoms with van der Waals surface area (Å²) in [5.41, 5.74) is 3.29. The second-order valence-corrected chi connectivity index (χ2v) is 6.11. The second kappa shape index (κ2) is 7.38. The molecule has 0 atom stereocenters. The summed E-state index contributed by atoms with van der Waals surface area (Å²) in [4.78, 5) is 20.9. The smallest absolute Gasteiger partial charge is 0.253 e. The molecule has 0 unspecified atom stereocenters. The third-order valence-electron chi connectivity index (χ3n) is 4.42. The molecular formula is C19H23N3O. The molecule has 1 fully saturated rings. The molecule has 4 heteroatoms. The average molecular weight is 309 g/mol. The van der Waals surface area contributed by atoms with Crippen LogP contribution in [0.4, 0.5) is 0 Å². The molecule has 0 spiro atoms. The van der Waals surface area contributed by atoms with Crippen molar-refractivity contribution in [3.05, 3.63) is 65.5 Å². The zero-order valence-electron chi connectivity index (χ0n) is 13.6. The fourth-order valence-corrected chi connectivity index (χ4v) is 2.89. The first-order chi connectivity index (χ1) is 11.2. The Bertz CT molecular complexity index is 631. The van der Waals surface area contributed by atoms with E-state index in [1.165, 1.54) is 11.1 Å². The van der Waals surface area contributed by atoms with Crippen molar-refractivity contribution in [2.24, 2.45) is 0 Å². The number of pyridine rings is 1. The first kappa shape index (κ1) is 15.7. The van der Waals surface area contributed by atoms with Crippen LogP contribution in [0, 0.1) is 6.92 Å². The summed E-state index contributed by atoms with van der Waals surface area (Å²) < 4.78 is 0. The van der Waals surface area contributed by atoms with Crippen molar-refractivity contribution in [2.75, 3.05) is 32.7 Å². The maximum absolute atomic E-state index is 12.5. The lowest BCUT2D eigenvalue weighted by molar-refractivity contribution is 0.0638. The van der Waals surface area contributed by atoms with E-state index in [-0.39, 0.29) is 5.91 Å². The topological polar surface area (TPSA) is 36.4 Å². The van der Waals surface area contributed by atoms with Crippen LogP contribution in [0.3, 0.4) is 0 Å². The number of nitrogens with zero attached hydrogens (tertiary/aromatic N) is 3. The van der Waals surface area contributed by atoms with Crippen molar-refractivity contribution in [3.63, 3.8) is 0 Å². The summed E-state index contributed by atoms with van der Waals surface area (Å²) in [5.74, 6) is 0.152. The highest BCUT2D eigenvalue weighted by Gasteiger charge is 2.21. The Labute approximate surface area is 137 Å². The number of aromatic nitrogens is 1. The SMILES string of the molecule is Cc1ccc(C(=O)N2CCN(CCc3ccncc3)CC2)cc1. The van der Waals surface area contributed by atoms with Gasteiger partial charge >= 0.3 is 0 Å². The molecule has 1 aromatic carbocycles. The van der Waals surface area contributed by atoms with Gasteiger partial charge in [-0.3, -0.25) is 14.7 Å². The van der Waals surface area contributed by atoms with E-state index in [0.29, 0.717) is 0 Å². The first-order valence-corrected chi connectivity index (χ1v) is 8.19. The third-order valence-corrected chi connectivity index (χ3v) is 4.42. The minimum atomic E-state index is 0.152. The van der Waals surface area contributed by atoms with E-state index in [1.54, 1.807) is 0 Å². The number of amides is 1. The Balaban J connectivity index is 1.48. The number of piperazine rings is 1. The van der Waals surface area contributed by atoms with E-state index in [4.69, 9.17) is 0 Å². The number of aryl methyl sites for hydroxylation is 1. The highest BCUT2D eigenvalue weighted by molar-refractivity contribution is 5.94. The van der Waals surface area contributed by atoms with Gasteiger partial charge in [0.2, 0.25) is 0 Å². The van der Waals surface area contributed by atoms with E-state index < -0.39 is 0 Å². The van der Waals surface area contributed by atoms with E-state index in [1.807, 2.05) is 48.5 Å². The molecule has 23 heavy (non-hydrogen) atoms. The summed E-state index contributed by atoms with van der Waals surface area (Å²) in [7, 11) is 0. The molecule has 0 saturated carbocycles. The van der Waals surface area contributed by atoms with Gasteiger partial charge < -0.3 is 4.90 Å². The van der Waals surface area contributed by atoms with Crippen molar-refractivity contribution < 1.29 is 4.79 Å². The Kier molecular flexibility index (Phi) is 5.03. The van der Waals surface area contributed by atoms with Crippen molar-refractivity contribution in [3.8, 4) is 0 Å². The Morgan fingerprint density at radius 3 is 2.30 bits per heavy atom. The van der Waals surface area contributed by atoms with Crippen LogP contribution in [0.15, 0.2) is 48.8 Å². The fraction of sp³-hybridized carbons (Fsp3) is 0.368. The van der Waals surface area contributed by atoms with Gasteiger partial charge in [-0.05, 0) is 43.2 Å². The lowest BCUT2D eigenvalue weighted by Crippen LogP contribution is -2.49. The molecule has 3 rings (SSSR count). The third kappa shape index (κ3) is 4.17. The summed E-state index contributed by atoms with van der Waals surface area (Å²) in [5, 5.41) is 0. The molecule has 2 heterocycles. The summed E-state index contributed by atoms with van der Waals surface area (Å²) in [6, 6.07) is 12.0. The highest BCUT2D eigenvalue weighted by Crippen LogP contribution is 2.11. The lowest BCUT2D eigenvalue weighted by Gasteiger charge is -2.34. The van der Waals surface area contributed by atoms with Crippen molar-refractivity contribution in [1.29, 1.82) is 0 Å². The zero-order chi connectivity index (χ0) is 16.1. The van der Waals surface area contributed by atoms with Gasteiger partial charge in [-0.25, -0.2) is 0 Å². The van der Waals surface area contributed by atoms with Crippen molar-refractivity contribution >= 4 is 5.91 Å². The molecule has 0 radical (unpaired) electrons.